The van der Waals surface area contributed by atoms with Gasteiger partial charge in [-0.2, -0.15) is 0 Å². The van der Waals surface area contributed by atoms with Gasteiger partial charge in [0.15, 0.2) is 0 Å². The molecule has 0 unspecified atom stereocenters. The molecule has 0 atom stereocenters. The highest BCUT2D eigenvalue weighted by molar-refractivity contribution is 7.22. The average molecular weight is 425 g/mol. The lowest BCUT2D eigenvalue weighted by molar-refractivity contribution is -0.154. The zero-order valence-corrected chi connectivity index (χ0v) is 17.4. The molecule has 1 aromatic carbocycles. The first kappa shape index (κ1) is 19.8. The molecule has 4 rings (SSSR count). The van der Waals surface area contributed by atoms with Crippen LogP contribution in [0.2, 0.25) is 0 Å². The van der Waals surface area contributed by atoms with E-state index >= 15 is 0 Å². The van der Waals surface area contributed by atoms with Gasteiger partial charge in [0.2, 0.25) is 5.89 Å². The number of esters is 1. The number of thiophene rings is 1. The van der Waals surface area contributed by atoms with E-state index in [9.17, 15) is 14.4 Å². The Morgan fingerprint density at radius 3 is 2.67 bits per heavy atom. The van der Waals surface area contributed by atoms with E-state index in [0.29, 0.717) is 26.5 Å². The van der Waals surface area contributed by atoms with Gasteiger partial charge in [-0.25, -0.2) is 19.1 Å². The topological polar surface area (TPSA) is 107 Å². The highest BCUT2D eigenvalue weighted by Gasteiger charge is 2.36. The van der Waals surface area contributed by atoms with E-state index < -0.39 is 22.8 Å². The highest BCUT2D eigenvalue weighted by Crippen LogP contribution is 2.34. The molecule has 3 aromatic heterocycles. The van der Waals surface area contributed by atoms with Gasteiger partial charge in [-0.1, -0.05) is 30.3 Å². The predicted molar refractivity (Wildman–Crippen MR) is 112 cm³/mol. The molecule has 154 valence electrons. The summed E-state index contributed by atoms with van der Waals surface area (Å²) in [6.07, 6.45) is 2.94. The number of ether oxygens (including phenoxy) is 1. The van der Waals surface area contributed by atoms with E-state index in [2.05, 4.69) is 9.97 Å². The van der Waals surface area contributed by atoms with Gasteiger partial charge in [-0.15, -0.1) is 11.3 Å². The van der Waals surface area contributed by atoms with Crippen LogP contribution in [0.25, 0.3) is 21.0 Å². The predicted octanol–water partition coefficient (Wildman–Crippen LogP) is 3.19. The van der Waals surface area contributed by atoms with Gasteiger partial charge < -0.3 is 9.15 Å². The van der Waals surface area contributed by atoms with Gasteiger partial charge in [0.25, 0.3) is 5.56 Å². The molecule has 0 radical (unpaired) electrons. The Balaban J connectivity index is 1.76. The van der Waals surface area contributed by atoms with Gasteiger partial charge in [-0.3, -0.25) is 9.78 Å². The Hall–Kier alpha value is -3.46. The number of carbonyl (C=O) groups excluding carboxylic acids is 1. The molecule has 30 heavy (non-hydrogen) atoms. The lowest BCUT2D eigenvalue weighted by Gasteiger charge is -2.24. The fourth-order valence-corrected chi connectivity index (χ4v) is 4.38. The minimum atomic E-state index is -1.51. The summed E-state index contributed by atoms with van der Waals surface area (Å²) >= 11 is 1.20. The fraction of sp³-hybridized carbons (Fsp3) is 0.238. The molecule has 0 aliphatic carbocycles. The number of carbonyl (C=O) groups is 1. The van der Waals surface area contributed by atoms with Crippen molar-refractivity contribution in [2.75, 3.05) is 0 Å². The largest absolute Gasteiger partial charge is 0.459 e. The molecule has 0 bridgehead atoms. The molecule has 0 fully saturated rings. The second-order valence-electron chi connectivity index (χ2n) is 7.29. The first-order chi connectivity index (χ1) is 14.3. The Morgan fingerprint density at radius 1 is 1.27 bits per heavy atom. The third-order valence-electron chi connectivity index (χ3n) is 4.89. The molecule has 0 saturated carbocycles. The smallest absolute Gasteiger partial charge is 0.332 e. The van der Waals surface area contributed by atoms with E-state index in [0.717, 1.165) is 10.1 Å². The van der Waals surface area contributed by atoms with Crippen molar-refractivity contribution < 1.29 is 13.9 Å². The maximum atomic E-state index is 13.3. The number of hydrogen-bond donors (Lipinski definition) is 1. The molecule has 0 spiro atoms. The van der Waals surface area contributed by atoms with E-state index in [1.165, 1.54) is 37.6 Å². The first-order valence-electron chi connectivity index (χ1n) is 9.20. The lowest BCUT2D eigenvalue weighted by atomic mass is 10.1. The quantitative estimate of drug-likeness (QED) is 0.492. The third-order valence-corrected chi connectivity index (χ3v) is 6.08. The van der Waals surface area contributed by atoms with Crippen molar-refractivity contribution in [3.8, 4) is 10.8 Å². The molecule has 4 aromatic rings. The van der Waals surface area contributed by atoms with Gasteiger partial charge >= 0.3 is 11.7 Å². The number of fused-ring (bicyclic) bond motifs is 1. The number of nitrogens with one attached hydrogen (secondary N) is 1. The first-order valence-corrected chi connectivity index (χ1v) is 10.0. The van der Waals surface area contributed by atoms with Crippen molar-refractivity contribution in [1.82, 2.24) is 14.5 Å². The van der Waals surface area contributed by atoms with Crippen LogP contribution in [0.1, 0.15) is 25.0 Å². The molecule has 3 heterocycles. The number of aromatic nitrogens is 3. The third kappa shape index (κ3) is 3.26. The van der Waals surface area contributed by atoms with E-state index in [1.54, 1.807) is 6.92 Å². The van der Waals surface area contributed by atoms with Crippen LogP contribution in [-0.4, -0.2) is 20.5 Å². The molecular weight excluding hydrogens is 406 g/mol. The fourth-order valence-electron chi connectivity index (χ4n) is 3.25. The standard InChI is InChI=1S/C21H19N3O5S/c1-12-14-17(30-15(12)16-22-9-10-28-16)23-20(27)24(18(14)25)21(2,3)19(26)29-11-13-7-5-4-6-8-13/h4-10H,11H2,1-3H3,(H,23,27). The van der Waals surface area contributed by atoms with Crippen LogP contribution in [0.15, 0.2) is 56.8 Å². The summed E-state index contributed by atoms with van der Waals surface area (Å²) in [4.78, 5) is 46.7. The second-order valence-corrected chi connectivity index (χ2v) is 8.31. The number of oxazole rings is 1. The van der Waals surface area contributed by atoms with Crippen molar-refractivity contribution >= 4 is 27.5 Å². The number of hydrogen-bond acceptors (Lipinski definition) is 7. The molecule has 0 amide bonds. The number of benzene rings is 1. The molecule has 0 saturated heterocycles. The molecule has 8 nitrogen and oxygen atoms in total. The molecule has 0 aliphatic heterocycles. The maximum Gasteiger partial charge on any atom is 0.332 e. The lowest BCUT2D eigenvalue weighted by Crippen LogP contribution is -2.51. The summed E-state index contributed by atoms with van der Waals surface area (Å²) < 4.78 is 11.6. The Bertz CT molecular complexity index is 1330. The van der Waals surface area contributed by atoms with Crippen LogP contribution >= 0.6 is 11.3 Å². The van der Waals surface area contributed by atoms with Gasteiger partial charge in [-0.05, 0) is 31.9 Å². The van der Waals surface area contributed by atoms with Crippen LogP contribution in [0.4, 0.5) is 0 Å². The minimum absolute atomic E-state index is 0.0454. The summed E-state index contributed by atoms with van der Waals surface area (Å²) in [7, 11) is 0. The zero-order valence-electron chi connectivity index (χ0n) is 16.6. The van der Waals surface area contributed by atoms with Crippen molar-refractivity contribution in [3.63, 3.8) is 0 Å². The summed E-state index contributed by atoms with van der Waals surface area (Å²) in [6.45, 7) is 4.77. The summed E-state index contributed by atoms with van der Waals surface area (Å²) in [6, 6.07) is 9.18. The minimum Gasteiger partial charge on any atom is -0.459 e. The van der Waals surface area contributed by atoms with Crippen LogP contribution < -0.4 is 11.2 Å². The molecular formula is C21H19N3O5S. The van der Waals surface area contributed by atoms with Gasteiger partial charge in [0, 0.05) is 0 Å². The summed E-state index contributed by atoms with van der Waals surface area (Å²) in [5, 5.41) is 0.316. The molecule has 9 heteroatoms. The number of aryl methyl sites for hydroxylation is 1. The molecule has 0 aliphatic rings. The monoisotopic (exact) mass is 425 g/mol. The SMILES string of the molecule is Cc1c(-c2ncco2)sc2[nH]c(=O)n(C(C)(C)C(=O)OCc3ccccc3)c(=O)c12. The van der Waals surface area contributed by atoms with Crippen molar-refractivity contribution in [2.24, 2.45) is 0 Å². The number of aromatic amines is 1. The summed E-state index contributed by atoms with van der Waals surface area (Å²) in [5.41, 5.74) is -1.33. The Labute approximate surface area is 174 Å². The van der Waals surface area contributed by atoms with Crippen molar-refractivity contribution in [2.45, 2.75) is 32.9 Å². The second kappa shape index (κ2) is 7.42. The van der Waals surface area contributed by atoms with E-state index in [4.69, 9.17) is 9.15 Å². The average Bonchev–Trinajstić information content (AvgIpc) is 3.34. The van der Waals surface area contributed by atoms with Crippen molar-refractivity contribution in [1.29, 1.82) is 0 Å². The number of H-pyrrole nitrogens is 1. The normalized spacial score (nSPS) is 11.7. The number of rotatable bonds is 5. The number of nitrogens with zero attached hydrogens (tertiary/aromatic N) is 2. The van der Waals surface area contributed by atoms with Crippen LogP contribution in [-0.2, 0) is 21.7 Å². The van der Waals surface area contributed by atoms with Crippen molar-refractivity contribution in [3.05, 3.63) is 74.8 Å². The van der Waals surface area contributed by atoms with E-state index in [-0.39, 0.29) is 6.61 Å². The Kier molecular flexibility index (Phi) is 4.90. The zero-order chi connectivity index (χ0) is 21.5. The van der Waals surface area contributed by atoms with Gasteiger partial charge in [0.05, 0.1) is 16.5 Å². The highest BCUT2D eigenvalue weighted by atomic mass is 32.1. The maximum absolute atomic E-state index is 13.3. The Morgan fingerprint density at radius 2 is 2.00 bits per heavy atom. The van der Waals surface area contributed by atoms with Gasteiger partial charge in [0.1, 0.15) is 23.2 Å². The van der Waals surface area contributed by atoms with Crippen LogP contribution in [0.3, 0.4) is 0 Å². The van der Waals surface area contributed by atoms with E-state index in [1.807, 2.05) is 30.3 Å². The van der Waals surface area contributed by atoms with Crippen LogP contribution in [0, 0.1) is 6.92 Å². The molecule has 1 N–H and O–H groups in total. The summed E-state index contributed by atoms with van der Waals surface area (Å²) in [5.74, 6) is -0.318. The van der Waals surface area contributed by atoms with Crippen LogP contribution in [0.5, 0.6) is 0 Å².